The van der Waals surface area contributed by atoms with Crippen LogP contribution in [0.15, 0.2) is 48.8 Å². The van der Waals surface area contributed by atoms with E-state index < -0.39 is 34.9 Å². The molecule has 5 heterocycles. The molecule has 9 atom stereocenters. The fraction of sp³-hybridized carbons (Fsp3) is 0.543. The second-order valence-electron chi connectivity index (χ2n) is 19.5. The molecule has 3 aromatic heterocycles. The first-order valence-corrected chi connectivity index (χ1v) is 20.1. The molecule has 0 radical (unpaired) electrons. The van der Waals surface area contributed by atoms with Crippen LogP contribution in [0.25, 0.3) is 28.3 Å². The third-order valence-electron chi connectivity index (χ3n) is 15.9. The molecular weight excluding hydrogens is 673 g/mol. The molecule has 0 spiro atoms. The van der Waals surface area contributed by atoms with Crippen LogP contribution >= 0.6 is 0 Å². The Labute approximate surface area is 318 Å². The van der Waals surface area contributed by atoms with E-state index in [1.807, 2.05) is 23.6 Å². The summed E-state index contributed by atoms with van der Waals surface area (Å²) in [7, 11) is 0. The van der Waals surface area contributed by atoms with Gasteiger partial charge in [-0.25, -0.2) is 9.97 Å². The number of imidazole rings is 1. The van der Waals surface area contributed by atoms with Crippen LogP contribution in [0.2, 0.25) is 0 Å². The number of ether oxygens (including phenoxy) is 1. The highest BCUT2D eigenvalue weighted by Crippen LogP contribution is 2.71. The lowest BCUT2D eigenvalue weighted by Gasteiger charge is -2.64. The van der Waals surface area contributed by atoms with Crippen molar-refractivity contribution in [2.45, 2.75) is 129 Å². The average Bonchev–Trinajstić information content (AvgIpc) is 3.84. The minimum absolute atomic E-state index is 0.0483. The van der Waals surface area contributed by atoms with E-state index in [1.54, 1.807) is 6.20 Å². The van der Waals surface area contributed by atoms with E-state index >= 15 is 0 Å². The van der Waals surface area contributed by atoms with Crippen molar-refractivity contribution in [3.05, 3.63) is 88.2 Å². The Bertz CT molecular complexity index is 2440. The Morgan fingerprint density at radius 1 is 1.09 bits per heavy atom. The van der Waals surface area contributed by atoms with E-state index in [4.69, 9.17) is 9.72 Å². The molecule has 4 aliphatic carbocycles. The number of aliphatic hydroxyl groups is 2. The third kappa shape index (κ3) is 3.97. The molecule has 10 rings (SSSR count). The van der Waals surface area contributed by atoms with Gasteiger partial charge in [0.05, 0.1) is 40.2 Å². The Morgan fingerprint density at radius 3 is 2.57 bits per heavy atom. The minimum Gasteiger partial charge on any atom is -0.392 e. The monoisotopic (exact) mass is 726 g/mol. The molecule has 2 unspecified atom stereocenters. The Kier molecular flexibility index (Phi) is 6.74. The summed E-state index contributed by atoms with van der Waals surface area (Å²) in [6.45, 7) is 24.0. The number of hydrogen-bond donors (Lipinski definition) is 2. The highest BCUT2D eigenvalue weighted by molar-refractivity contribution is 6.18. The summed E-state index contributed by atoms with van der Waals surface area (Å²) in [5.74, 6) is 1.06. The normalized spacial score (nSPS) is 37.0. The quantitative estimate of drug-likeness (QED) is 0.205. The van der Waals surface area contributed by atoms with Crippen molar-refractivity contribution in [1.82, 2.24) is 18.9 Å². The van der Waals surface area contributed by atoms with Crippen molar-refractivity contribution in [2.75, 3.05) is 0 Å². The van der Waals surface area contributed by atoms with E-state index in [9.17, 15) is 15.0 Å². The molecule has 2 aliphatic heterocycles. The summed E-state index contributed by atoms with van der Waals surface area (Å²) in [6.07, 6.45) is 13.6. The number of nitrogens with zero attached hydrogens (tertiary/aromatic N) is 4. The van der Waals surface area contributed by atoms with E-state index in [0.29, 0.717) is 23.7 Å². The number of carbonyl (C=O) groups is 1. The van der Waals surface area contributed by atoms with Crippen molar-refractivity contribution in [3.8, 4) is 0 Å². The van der Waals surface area contributed by atoms with E-state index in [1.165, 1.54) is 11.3 Å². The van der Waals surface area contributed by atoms with Crippen LogP contribution in [0.4, 0.5) is 0 Å². The number of Topliss-reactive ketones (excluding diaryl/α,β-unsaturated/α-hetero) is 1. The van der Waals surface area contributed by atoms with Gasteiger partial charge in [0.15, 0.2) is 5.78 Å². The van der Waals surface area contributed by atoms with Crippen LogP contribution in [0.5, 0.6) is 0 Å². The van der Waals surface area contributed by atoms with Crippen molar-refractivity contribution < 1.29 is 19.7 Å². The highest BCUT2D eigenvalue weighted by Gasteiger charge is 2.68. The number of rotatable bonds is 3. The Morgan fingerprint density at radius 2 is 1.85 bits per heavy atom. The zero-order valence-electron chi connectivity index (χ0n) is 33.2. The van der Waals surface area contributed by atoms with E-state index in [0.717, 1.165) is 70.2 Å². The predicted molar refractivity (Wildman–Crippen MR) is 211 cm³/mol. The number of benzene rings is 1. The summed E-state index contributed by atoms with van der Waals surface area (Å²) in [6, 6.07) is 3.73. The molecule has 6 aliphatic rings. The van der Waals surface area contributed by atoms with Crippen molar-refractivity contribution in [1.29, 1.82) is 0 Å². The van der Waals surface area contributed by atoms with Gasteiger partial charge in [-0.05, 0) is 132 Å². The predicted octanol–water partition coefficient (Wildman–Crippen LogP) is 8.66. The summed E-state index contributed by atoms with van der Waals surface area (Å²) in [5.41, 5.74) is 7.89. The second kappa shape index (κ2) is 10.5. The number of carbonyl (C=O) groups excluding carboxylic acids is 1. The summed E-state index contributed by atoms with van der Waals surface area (Å²) in [4.78, 5) is 24.3. The summed E-state index contributed by atoms with van der Waals surface area (Å²) in [5, 5.41) is 25.4. The van der Waals surface area contributed by atoms with E-state index in [-0.39, 0.29) is 28.4 Å². The van der Waals surface area contributed by atoms with E-state index in [2.05, 4.69) is 95.8 Å². The van der Waals surface area contributed by atoms with Crippen molar-refractivity contribution >= 4 is 34.1 Å². The molecule has 8 nitrogen and oxygen atoms in total. The van der Waals surface area contributed by atoms with Crippen LogP contribution in [0.1, 0.15) is 137 Å². The van der Waals surface area contributed by atoms with Crippen molar-refractivity contribution in [2.24, 2.45) is 28.6 Å². The molecule has 2 saturated carbocycles. The van der Waals surface area contributed by atoms with Crippen LogP contribution in [0, 0.1) is 35.5 Å². The number of ketones is 1. The molecule has 54 heavy (non-hydrogen) atoms. The average molecular weight is 727 g/mol. The van der Waals surface area contributed by atoms with Gasteiger partial charge >= 0.3 is 0 Å². The van der Waals surface area contributed by atoms with Gasteiger partial charge in [0.2, 0.25) is 5.78 Å². The molecule has 2 fully saturated rings. The molecule has 282 valence electrons. The largest absolute Gasteiger partial charge is 0.392 e. The maximum atomic E-state index is 15.0. The van der Waals surface area contributed by atoms with Crippen molar-refractivity contribution in [3.63, 3.8) is 0 Å². The Balaban J connectivity index is 1.16. The number of aromatic nitrogens is 4. The summed E-state index contributed by atoms with van der Waals surface area (Å²) < 4.78 is 11.0. The van der Waals surface area contributed by atoms with Gasteiger partial charge in [-0.15, -0.1) is 0 Å². The number of aryl methyl sites for hydroxylation is 1. The first kappa shape index (κ1) is 34.6. The Hall–Kier alpha value is -3.85. The van der Waals surface area contributed by atoms with Gasteiger partial charge < -0.3 is 19.5 Å². The lowest BCUT2D eigenvalue weighted by molar-refractivity contribution is -0.144. The van der Waals surface area contributed by atoms with Gasteiger partial charge in [-0.1, -0.05) is 39.0 Å². The topological polar surface area (TPSA) is 102 Å². The van der Waals surface area contributed by atoms with Crippen LogP contribution in [0.3, 0.4) is 0 Å². The molecule has 1 aromatic carbocycles. The van der Waals surface area contributed by atoms with Gasteiger partial charge in [-0.2, -0.15) is 0 Å². The lowest BCUT2D eigenvalue weighted by Crippen LogP contribution is -2.62. The second-order valence-corrected chi connectivity index (χ2v) is 19.5. The maximum absolute atomic E-state index is 15.0. The van der Waals surface area contributed by atoms with Gasteiger partial charge in [0.1, 0.15) is 6.04 Å². The molecule has 8 heteroatoms. The zero-order valence-corrected chi connectivity index (χ0v) is 33.2. The molecule has 0 saturated heterocycles. The number of allylic oxidation sites excluding steroid dienone is 1. The fourth-order valence-corrected chi connectivity index (χ4v) is 13.5. The molecule has 0 bridgehead atoms. The third-order valence-corrected chi connectivity index (χ3v) is 15.9. The van der Waals surface area contributed by atoms with Crippen LogP contribution < -0.4 is 0 Å². The van der Waals surface area contributed by atoms with Crippen LogP contribution in [-0.4, -0.2) is 52.2 Å². The van der Waals surface area contributed by atoms with Crippen LogP contribution in [-0.2, 0) is 16.6 Å². The fourth-order valence-electron chi connectivity index (χ4n) is 13.5. The first-order chi connectivity index (χ1) is 25.4. The molecule has 0 amide bonds. The maximum Gasteiger partial charge on any atom is 0.234 e. The lowest BCUT2D eigenvalue weighted by atomic mass is 9.40. The standard InChI is InChI=1S/C46H54N4O4/c1-23(2)36-39(53)34-33-26(29-22-42(4,5)54-43(6,7)35(29)38(33)52)21-27-28-20-25-12-13-31-44(8,16-14-30-24(3)49-19-11-18-47-41(49)48-30)32(51)15-17-45(31,9)46(25,10)40(28)50(36)37(27)34/h11,14,16,18-19,21-22,25,31-32,35-36,38,51-52H,1,12-13,15,17,20H2,2-10H3/b16-14+/t25?,31-,32-,35?,36-,38+,44-,45-,46+/m0/s1. The SMILES string of the molecule is C=C(C)[C@H]1C(=O)c2c3c(cc4c5c(n1c24)[C@@]1(C)C(CC[C@H]2[C@](C)(/C=C/c4nc6ncccn6c4C)[C@@H](O)CC[C@@]21C)C5)C1=CC(C)(C)OC(C)(C)C1[C@@H]3O. The zero-order chi connectivity index (χ0) is 38.2. The number of fused-ring (bicyclic) bond motifs is 12. The number of aliphatic hydroxyl groups excluding tert-OH is 2. The van der Waals surface area contributed by atoms with Gasteiger partial charge in [0.25, 0.3) is 0 Å². The highest BCUT2D eigenvalue weighted by atomic mass is 16.5. The smallest absolute Gasteiger partial charge is 0.234 e. The molecule has 2 N–H and O–H groups in total. The van der Waals surface area contributed by atoms with Gasteiger partial charge in [-0.3, -0.25) is 9.20 Å². The molecular formula is C46H54N4O4. The minimum atomic E-state index is -0.845. The first-order valence-electron chi connectivity index (χ1n) is 20.1. The molecule has 4 aromatic rings. The summed E-state index contributed by atoms with van der Waals surface area (Å²) >= 11 is 0. The van der Waals surface area contributed by atoms with Gasteiger partial charge in [0, 0.05) is 51.5 Å². The number of hydrogen-bond acceptors (Lipinski definition) is 6.